The lowest BCUT2D eigenvalue weighted by Gasteiger charge is -2.38. The second-order valence-corrected chi connectivity index (χ2v) is 11.9. The number of hydrogen-bond acceptors (Lipinski definition) is 6. The van der Waals surface area contributed by atoms with Crippen LogP contribution in [0.15, 0.2) is 60.7 Å². The number of carbonyl (C=O) groups excluding carboxylic acids is 2. The van der Waals surface area contributed by atoms with Gasteiger partial charge in [-0.05, 0) is 71.7 Å². The van der Waals surface area contributed by atoms with Crippen LogP contribution in [0.1, 0.15) is 59.7 Å². The molecule has 0 aliphatic carbocycles. The number of benzene rings is 3. The first-order chi connectivity index (χ1) is 21.1. The first-order valence-electron chi connectivity index (χ1n) is 14.7. The zero-order valence-electron chi connectivity index (χ0n) is 24.7. The van der Waals surface area contributed by atoms with Crippen molar-refractivity contribution in [1.82, 2.24) is 9.80 Å². The molecule has 1 atom stereocenters. The fraction of sp³-hybridized carbons (Fsp3) is 0.375. The molecule has 44 heavy (non-hydrogen) atoms. The standard InChI is InChI=1S/C32H39F2N5O4S/c1-2-3-14-39(32(41)37-30-18-27(31(35)40)28(33)19-29(30)34)26-12-15-38(16-13-26)20-24-6-4-22(5-7-24)17-23-8-10-25(11-9-23)36-21-44(42)43/h4-11,18-19,26,36H,2-3,12-17,20-21H2,1H3,(H2,35,40)(H,37,41)(H,42,43)/p-1. The number of amides is 3. The van der Waals surface area contributed by atoms with Gasteiger partial charge in [0.05, 0.1) is 17.1 Å². The van der Waals surface area contributed by atoms with Gasteiger partial charge < -0.3 is 25.8 Å². The van der Waals surface area contributed by atoms with Gasteiger partial charge in [0.25, 0.3) is 5.91 Å². The molecule has 3 aromatic rings. The predicted octanol–water partition coefficient (Wildman–Crippen LogP) is 5.20. The highest BCUT2D eigenvalue weighted by Gasteiger charge is 2.28. The van der Waals surface area contributed by atoms with Gasteiger partial charge in [-0.2, -0.15) is 0 Å². The van der Waals surface area contributed by atoms with Gasteiger partial charge in [-0.1, -0.05) is 49.7 Å². The van der Waals surface area contributed by atoms with Crippen LogP contribution in [0.3, 0.4) is 0 Å². The Bertz CT molecular complexity index is 1450. The monoisotopic (exact) mass is 626 g/mol. The Morgan fingerprint density at radius 3 is 2.20 bits per heavy atom. The summed E-state index contributed by atoms with van der Waals surface area (Å²) >= 11 is -2.14. The number of rotatable bonds is 13. The number of likely N-dealkylation sites (tertiary alicyclic amines) is 1. The molecule has 9 nitrogen and oxygen atoms in total. The smallest absolute Gasteiger partial charge is 0.322 e. The maximum absolute atomic E-state index is 14.4. The summed E-state index contributed by atoms with van der Waals surface area (Å²) in [4.78, 5) is 28.8. The number of carbonyl (C=O) groups is 2. The first kappa shape index (κ1) is 33.0. The molecule has 0 radical (unpaired) electrons. The van der Waals surface area contributed by atoms with E-state index in [0.717, 1.165) is 69.1 Å². The zero-order valence-corrected chi connectivity index (χ0v) is 25.5. The van der Waals surface area contributed by atoms with Crippen LogP contribution >= 0.6 is 0 Å². The van der Waals surface area contributed by atoms with Crippen molar-refractivity contribution in [1.29, 1.82) is 0 Å². The first-order valence-corrected chi connectivity index (χ1v) is 15.9. The minimum Gasteiger partial charge on any atom is -0.771 e. The maximum atomic E-state index is 14.4. The summed E-state index contributed by atoms with van der Waals surface area (Å²) in [5.41, 5.74) is 8.67. The van der Waals surface area contributed by atoms with E-state index in [4.69, 9.17) is 5.73 Å². The molecule has 4 N–H and O–H groups in total. The van der Waals surface area contributed by atoms with Crippen molar-refractivity contribution in [2.75, 3.05) is 36.1 Å². The lowest BCUT2D eigenvalue weighted by molar-refractivity contribution is 0.0996. The van der Waals surface area contributed by atoms with E-state index in [1.54, 1.807) is 4.90 Å². The van der Waals surface area contributed by atoms with Crippen LogP contribution < -0.4 is 16.4 Å². The van der Waals surface area contributed by atoms with Crippen LogP contribution in [-0.4, -0.2) is 62.1 Å². The second-order valence-electron chi connectivity index (χ2n) is 11.0. The molecule has 1 saturated heterocycles. The Balaban J connectivity index is 1.30. The number of primary amides is 1. The Hall–Kier alpha value is -3.87. The van der Waals surface area contributed by atoms with Crippen molar-refractivity contribution < 1.29 is 27.1 Å². The molecule has 4 rings (SSSR count). The quantitative estimate of drug-likeness (QED) is 0.224. The Morgan fingerprint density at radius 2 is 1.61 bits per heavy atom. The molecule has 1 unspecified atom stereocenters. The molecular formula is C32H38F2N5O4S-. The van der Waals surface area contributed by atoms with Gasteiger partial charge in [0.1, 0.15) is 11.6 Å². The van der Waals surface area contributed by atoms with Crippen LogP contribution in [0.5, 0.6) is 0 Å². The van der Waals surface area contributed by atoms with Gasteiger partial charge in [-0.15, -0.1) is 0 Å². The van der Waals surface area contributed by atoms with Crippen molar-refractivity contribution in [2.45, 2.75) is 51.6 Å². The van der Waals surface area contributed by atoms with Gasteiger partial charge in [0, 0.05) is 44.0 Å². The van der Waals surface area contributed by atoms with E-state index in [1.165, 1.54) is 11.1 Å². The highest BCUT2D eigenvalue weighted by Crippen LogP contribution is 2.24. The van der Waals surface area contributed by atoms with Gasteiger partial charge in [-0.25, -0.2) is 13.6 Å². The van der Waals surface area contributed by atoms with Crippen molar-refractivity contribution in [2.24, 2.45) is 5.73 Å². The lowest BCUT2D eigenvalue weighted by atomic mass is 10.0. The Kier molecular flexibility index (Phi) is 11.8. The molecule has 1 heterocycles. The summed E-state index contributed by atoms with van der Waals surface area (Å²) in [6.07, 6.45) is 3.93. The van der Waals surface area contributed by atoms with Crippen LogP contribution in [0.4, 0.5) is 25.0 Å². The van der Waals surface area contributed by atoms with Gasteiger partial charge >= 0.3 is 6.03 Å². The van der Waals surface area contributed by atoms with E-state index < -0.39 is 40.2 Å². The molecule has 3 aromatic carbocycles. The number of nitrogens with one attached hydrogen (secondary N) is 2. The van der Waals surface area contributed by atoms with Crippen molar-refractivity contribution >= 4 is 34.4 Å². The molecule has 1 aliphatic heterocycles. The van der Waals surface area contributed by atoms with Crippen molar-refractivity contribution in [3.05, 3.63) is 94.6 Å². The second kappa shape index (κ2) is 15.7. The highest BCUT2D eigenvalue weighted by molar-refractivity contribution is 7.79. The Labute approximate surface area is 259 Å². The van der Waals surface area contributed by atoms with E-state index >= 15 is 0 Å². The van der Waals surface area contributed by atoms with Gasteiger partial charge in [0.15, 0.2) is 0 Å². The van der Waals surface area contributed by atoms with Crippen molar-refractivity contribution in [3.63, 3.8) is 0 Å². The number of halogens is 2. The topological polar surface area (TPSA) is 131 Å². The highest BCUT2D eigenvalue weighted by atomic mass is 32.2. The minimum absolute atomic E-state index is 0.0386. The Morgan fingerprint density at radius 1 is 1.00 bits per heavy atom. The summed E-state index contributed by atoms with van der Waals surface area (Å²) in [6, 6.07) is 17.1. The molecule has 0 saturated carbocycles. The predicted molar refractivity (Wildman–Crippen MR) is 167 cm³/mol. The molecule has 0 spiro atoms. The van der Waals surface area contributed by atoms with E-state index in [-0.39, 0.29) is 17.6 Å². The van der Waals surface area contributed by atoms with E-state index in [1.807, 2.05) is 31.2 Å². The van der Waals surface area contributed by atoms with E-state index in [9.17, 15) is 27.1 Å². The van der Waals surface area contributed by atoms with Crippen molar-refractivity contribution in [3.8, 4) is 0 Å². The fourth-order valence-corrected chi connectivity index (χ4v) is 5.61. The maximum Gasteiger partial charge on any atom is 0.322 e. The molecular weight excluding hydrogens is 588 g/mol. The number of piperidine rings is 1. The number of hydrogen-bond donors (Lipinski definition) is 3. The summed E-state index contributed by atoms with van der Waals surface area (Å²) in [5, 5.41) is 5.37. The molecule has 1 aliphatic rings. The summed E-state index contributed by atoms with van der Waals surface area (Å²) in [7, 11) is 0. The average molecular weight is 627 g/mol. The number of unbranched alkanes of at least 4 members (excludes halogenated alkanes) is 1. The molecule has 1 fully saturated rings. The van der Waals surface area contributed by atoms with Crippen LogP contribution in [0.2, 0.25) is 0 Å². The molecule has 3 amide bonds. The summed E-state index contributed by atoms with van der Waals surface area (Å²) in [5.74, 6) is -3.21. The average Bonchev–Trinajstić information content (AvgIpc) is 3.00. The third-order valence-electron chi connectivity index (χ3n) is 7.76. The minimum atomic E-state index is -2.14. The van der Waals surface area contributed by atoms with E-state index in [0.29, 0.717) is 12.6 Å². The third-order valence-corrected chi connectivity index (χ3v) is 8.14. The van der Waals surface area contributed by atoms with E-state index in [2.05, 4.69) is 39.8 Å². The molecule has 236 valence electrons. The van der Waals surface area contributed by atoms with Gasteiger partial charge in [-0.3, -0.25) is 13.9 Å². The van der Waals surface area contributed by atoms with Crippen LogP contribution in [0, 0.1) is 11.6 Å². The number of urea groups is 1. The lowest BCUT2D eigenvalue weighted by Crippen LogP contribution is -2.49. The molecule has 0 aromatic heterocycles. The van der Waals surface area contributed by atoms with Crippen LogP contribution in [0.25, 0.3) is 0 Å². The normalized spacial score (nSPS) is 14.6. The summed E-state index contributed by atoms with van der Waals surface area (Å²) in [6.45, 7) is 4.89. The fourth-order valence-electron chi connectivity index (χ4n) is 5.33. The molecule has 0 bridgehead atoms. The number of anilines is 2. The summed E-state index contributed by atoms with van der Waals surface area (Å²) < 4.78 is 49.8. The largest absolute Gasteiger partial charge is 0.771 e. The number of nitrogens with zero attached hydrogens (tertiary/aromatic N) is 2. The SMILES string of the molecule is CCCCN(C(=O)Nc1cc(C(N)=O)c(F)cc1F)C1CCN(Cc2ccc(Cc3ccc(NCS(=O)[O-])cc3)cc2)CC1. The van der Waals surface area contributed by atoms with Crippen LogP contribution in [-0.2, 0) is 24.0 Å². The number of nitrogens with two attached hydrogens (primary N) is 1. The zero-order chi connectivity index (χ0) is 31.6. The third kappa shape index (κ3) is 9.31. The van der Waals surface area contributed by atoms with Gasteiger partial charge in [0.2, 0.25) is 0 Å². The molecule has 12 heteroatoms.